The Hall–Kier alpha value is -1.58. The van der Waals surface area contributed by atoms with E-state index in [4.69, 9.17) is 4.74 Å². The largest absolute Gasteiger partial charge is 0.479 e. The molecule has 0 saturated heterocycles. The summed E-state index contributed by atoms with van der Waals surface area (Å²) in [6.45, 7) is 7.51. The lowest BCUT2D eigenvalue weighted by molar-refractivity contribution is -0.128. The third-order valence-electron chi connectivity index (χ3n) is 1.81. The number of nitrogens with one attached hydrogen (secondary N) is 1. The van der Waals surface area contributed by atoms with Crippen LogP contribution in [0.5, 0.6) is 5.75 Å². The lowest BCUT2D eigenvalue weighted by Crippen LogP contribution is -2.46. The third-order valence-corrected chi connectivity index (χ3v) is 1.81. The van der Waals surface area contributed by atoms with E-state index in [1.165, 1.54) is 0 Å². The molecular weight excluding hydrogens is 204 g/mol. The van der Waals surface area contributed by atoms with Crippen molar-refractivity contribution in [1.82, 2.24) is 10.3 Å². The van der Waals surface area contributed by atoms with Gasteiger partial charge >= 0.3 is 0 Å². The molecule has 0 spiro atoms. The van der Waals surface area contributed by atoms with Crippen LogP contribution in [0.3, 0.4) is 0 Å². The number of hydrogen-bond donors (Lipinski definition) is 1. The summed E-state index contributed by atoms with van der Waals surface area (Å²) < 4.78 is 5.45. The Morgan fingerprint density at radius 3 is 2.69 bits per heavy atom. The molecule has 1 aromatic rings. The fourth-order valence-electron chi connectivity index (χ4n) is 1.15. The van der Waals surface area contributed by atoms with Crippen LogP contribution in [0.25, 0.3) is 0 Å². The van der Waals surface area contributed by atoms with Gasteiger partial charge in [0.15, 0.2) is 6.10 Å². The highest BCUT2D eigenvalue weighted by atomic mass is 16.5. The zero-order valence-electron chi connectivity index (χ0n) is 10.2. The minimum absolute atomic E-state index is 0.128. The van der Waals surface area contributed by atoms with Gasteiger partial charge in [0.1, 0.15) is 5.75 Å². The maximum Gasteiger partial charge on any atom is 0.261 e. The quantitative estimate of drug-likeness (QED) is 0.847. The van der Waals surface area contributed by atoms with Crippen molar-refractivity contribution in [2.45, 2.75) is 39.3 Å². The van der Waals surface area contributed by atoms with Crippen LogP contribution < -0.4 is 10.1 Å². The first-order chi connectivity index (χ1) is 7.38. The van der Waals surface area contributed by atoms with Crippen molar-refractivity contribution in [3.63, 3.8) is 0 Å². The number of hydrogen-bond acceptors (Lipinski definition) is 3. The van der Waals surface area contributed by atoms with Gasteiger partial charge in [0, 0.05) is 11.7 Å². The Balaban J connectivity index is 2.53. The number of rotatable bonds is 3. The van der Waals surface area contributed by atoms with Gasteiger partial charge in [0.2, 0.25) is 0 Å². The molecule has 1 atom stereocenters. The molecule has 1 amide bonds. The molecule has 4 nitrogen and oxygen atoms in total. The Morgan fingerprint density at radius 1 is 1.50 bits per heavy atom. The van der Waals surface area contributed by atoms with Crippen LogP contribution in [0.1, 0.15) is 27.7 Å². The second kappa shape index (κ2) is 4.96. The van der Waals surface area contributed by atoms with Crippen molar-refractivity contribution in [2.24, 2.45) is 0 Å². The number of amides is 1. The third kappa shape index (κ3) is 4.29. The van der Waals surface area contributed by atoms with Crippen LogP contribution in [-0.4, -0.2) is 22.5 Å². The van der Waals surface area contributed by atoms with Crippen LogP contribution in [0.15, 0.2) is 24.5 Å². The Kier molecular flexibility index (Phi) is 3.88. The number of carbonyl (C=O) groups excluding carboxylic acids is 1. The fraction of sp³-hybridized carbons (Fsp3) is 0.500. The van der Waals surface area contributed by atoms with Gasteiger partial charge < -0.3 is 10.1 Å². The smallest absolute Gasteiger partial charge is 0.261 e. The molecule has 0 radical (unpaired) electrons. The lowest BCUT2D eigenvalue weighted by Gasteiger charge is -2.23. The van der Waals surface area contributed by atoms with E-state index in [1.807, 2.05) is 20.8 Å². The van der Waals surface area contributed by atoms with Crippen LogP contribution >= 0.6 is 0 Å². The first kappa shape index (κ1) is 12.5. The van der Waals surface area contributed by atoms with Gasteiger partial charge in [-0.3, -0.25) is 9.78 Å². The summed E-state index contributed by atoms with van der Waals surface area (Å²) in [4.78, 5) is 15.6. The minimum Gasteiger partial charge on any atom is -0.479 e. The van der Waals surface area contributed by atoms with Crippen LogP contribution in [-0.2, 0) is 4.79 Å². The van der Waals surface area contributed by atoms with E-state index >= 15 is 0 Å². The zero-order chi connectivity index (χ0) is 12.2. The molecule has 0 aliphatic carbocycles. The monoisotopic (exact) mass is 222 g/mol. The van der Waals surface area contributed by atoms with Gasteiger partial charge in [-0.25, -0.2) is 0 Å². The van der Waals surface area contributed by atoms with Crippen molar-refractivity contribution < 1.29 is 9.53 Å². The van der Waals surface area contributed by atoms with E-state index in [1.54, 1.807) is 31.5 Å². The number of pyridine rings is 1. The average Bonchev–Trinajstić information content (AvgIpc) is 2.16. The number of ether oxygens (including phenoxy) is 1. The van der Waals surface area contributed by atoms with Crippen LogP contribution in [0, 0.1) is 0 Å². The lowest BCUT2D eigenvalue weighted by atomic mass is 10.1. The van der Waals surface area contributed by atoms with E-state index in [0.29, 0.717) is 5.75 Å². The highest BCUT2D eigenvalue weighted by Gasteiger charge is 2.20. The molecule has 0 saturated carbocycles. The van der Waals surface area contributed by atoms with Gasteiger partial charge in [-0.05, 0) is 39.8 Å². The summed E-state index contributed by atoms with van der Waals surface area (Å²) in [5.74, 6) is 0.468. The molecule has 1 N–H and O–H groups in total. The Labute approximate surface area is 96.0 Å². The molecule has 1 unspecified atom stereocenters. The highest BCUT2D eigenvalue weighted by Crippen LogP contribution is 2.09. The van der Waals surface area contributed by atoms with E-state index in [9.17, 15) is 4.79 Å². The van der Waals surface area contributed by atoms with Crippen molar-refractivity contribution >= 4 is 5.91 Å². The molecule has 16 heavy (non-hydrogen) atoms. The first-order valence-corrected chi connectivity index (χ1v) is 5.27. The number of carbonyl (C=O) groups is 1. The van der Waals surface area contributed by atoms with E-state index in [0.717, 1.165) is 0 Å². The molecule has 88 valence electrons. The molecule has 0 aliphatic heterocycles. The average molecular weight is 222 g/mol. The van der Waals surface area contributed by atoms with Gasteiger partial charge in [-0.15, -0.1) is 0 Å². The van der Waals surface area contributed by atoms with Crippen LogP contribution in [0.4, 0.5) is 0 Å². The molecule has 1 rings (SSSR count). The standard InChI is InChI=1S/C12H18N2O2/c1-9(11(15)14-12(2,3)4)16-10-6-5-7-13-8-10/h5-9H,1-4H3,(H,14,15). The summed E-state index contributed by atoms with van der Waals surface area (Å²) >= 11 is 0. The summed E-state index contributed by atoms with van der Waals surface area (Å²) in [7, 11) is 0. The summed E-state index contributed by atoms with van der Waals surface area (Å²) in [5.41, 5.74) is -0.246. The molecule has 0 bridgehead atoms. The molecule has 0 aliphatic rings. The molecule has 4 heteroatoms. The number of nitrogens with zero attached hydrogens (tertiary/aromatic N) is 1. The summed E-state index contributed by atoms with van der Waals surface area (Å²) in [6, 6.07) is 3.54. The van der Waals surface area contributed by atoms with Crippen molar-refractivity contribution in [3.8, 4) is 5.75 Å². The van der Waals surface area contributed by atoms with Crippen molar-refractivity contribution in [3.05, 3.63) is 24.5 Å². The predicted octanol–water partition coefficient (Wildman–Crippen LogP) is 1.76. The fourth-order valence-corrected chi connectivity index (χ4v) is 1.15. The minimum atomic E-state index is -0.525. The van der Waals surface area contributed by atoms with Crippen LogP contribution in [0.2, 0.25) is 0 Å². The van der Waals surface area contributed by atoms with E-state index in [-0.39, 0.29) is 11.4 Å². The van der Waals surface area contributed by atoms with Gasteiger partial charge in [-0.2, -0.15) is 0 Å². The second-order valence-corrected chi connectivity index (χ2v) is 4.69. The second-order valence-electron chi connectivity index (χ2n) is 4.69. The van der Waals surface area contributed by atoms with Crippen molar-refractivity contribution in [1.29, 1.82) is 0 Å². The Bertz CT molecular complexity index is 344. The topological polar surface area (TPSA) is 51.2 Å². The zero-order valence-corrected chi connectivity index (χ0v) is 10.2. The summed E-state index contributed by atoms with van der Waals surface area (Å²) in [5, 5.41) is 2.85. The van der Waals surface area contributed by atoms with E-state index in [2.05, 4.69) is 10.3 Å². The maximum atomic E-state index is 11.7. The molecule has 0 aromatic carbocycles. The summed E-state index contributed by atoms with van der Waals surface area (Å²) in [6.07, 6.45) is 2.72. The number of aromatic nitrogens is 1. The molecule has 1 heterocycles. The van der Waals surface area contributed by atoms with Gasteiger partial charge in [-0.1, -0.05) is 0 Å². The van der Waals surface area contributed by atoms with E-state index < -0.39 is 6.10 Å². The predicted molar refractivity (Wildman–Crippen MR) is 62.2 cm³/mol. The normalized spacial score (nSPS) is 13.0. The Morgan fingerprint density at radius 2 is 2.19 bits per heavy atom. The molecule has 0 fully saturated rings. The van der Waals surface area contributed by atoms with Gasteiger partial charge in [0.25, 0.3) is 5.91 Å². The van der Waals surface area contributed by atoms with Crippen molar-refractivity contribution in [2.75, 3.05) is 0 Å². The molecule has 1 aromatic heterocycles. The SMILES string of the molecule is CC(Oc1cccnc1)C(=O)NC(C)(C)C. The molecular formula is C12H18N2O2. The maximum absolute atomic E-state index is 11.7. The highest BCUT2D eigenvalue weighted by molar-refractivity contribution is 5.81. The first-order valence-electron chi connectivity index (χ1n) is 5.27. The van der Waals surface area contributed by atoms with Gasteiger partial charge in [0.05, 0.1) is 6.20 Å².